The average Bonchev–Trinajstić information content (AvgIpc) is 2.96. The maximum absolute atomic E-state index is 11.5. The van der Waals surface area contributed by atoms with Crippen molar-refractivity contribution < 1.29 is 14.2 Å². The van der Waals surface area contributed by atoms with Gasteiger partial charge in [0, 0.05) is 23.1 Å². The van der Waals surface area contributed by atoms with Gasteiger partial charge in [-0.3, -0.25) is 14.9 Å². The van der Waals surface area contributed by atoms with E-state index in [2.05, 4.69) is 10.5 Å². The molecular weight excluding hydrogens is 270 g/mol. The molecule has 1 amide bonds. The lowest BCUT2D eigenvalue weighted by atomic mass is 10.4. The van der Waals surface area contributed by atoms with E-state index in [0.717, 1.165) is 11.3 Å². The molecule has 19 heavy (non-hydrogen) atoms. The second-order valence-electron chi connectivity index (χ2n) is 3.58. The molecule has 2 rings (SSSR count). The van der Waals surface area contributed by atoms with Gasteiger partial charge in [-0.25, -0.2) is 0 Å². The van der Waals surface area contributed by atoms with Crippen molar-refractivity contribution in [2.45, 2.75) is 6.92 Å². The van der Waals surface area contributed by atoms with Gasteiger partial charge < -0.3 is 9.84 Å². The fourth-order valence-corrected chi connectivity index (χ4v) is 2.01. The minimum atomic E-state index is -0.472. The number of rotatable bonds is 4. The number of nitrogens with zero attached hydrogens (tertiary/aromatic N) is 2. The SMILES string of the molecule is Cc1cc(NC(=O)/C=C/c2ccc([N+](=O)[O-])s2)no1. The van der Waals surface area contributed by atoms with Crippen molar-refractivity contribution in [1.29, 1.82) is 0 Å². The zero-order valence-corrected chi connectivity index (χ0v) is 10.6. The molecule has 1 N–H and O–H groups in total. The van der Waals surface area contributed by atoms with Crippen LogP contribution in [0.2, 0.25) is 0 Å². The molecule has 98 valence electrons. The minimum Gasteiger partial charge on any atom is -0.360 e. The number of anilines is 1. The molecule has 0 fully saturated rings. The summed E-state index contributed by atoms with van der Waals surface area (Å²) in [6, 6.07) is 4.55. The summed E-state index contributed by atoms with van der Waals surface area (Å²) < 4.78 is 4.80. The molecule has 0 bridgehead atoms. The van der Waals surface area contributed by atoms with Crippen LogP contribution < -0.4 is 5.32 Å². The maximum Gasteiger partial charge on any atom is 0.324 e. The lowest BCUT2D eigenvalue weighted by molar-refractivity contribution is -0.380. The smallest absolute Gasteiger partial charge is 0.324 e. The maximum atomic E-state index is 11.5. The van der Waals surface area contributed by atoms with Crippen LogP contribution in [0.1, 0.15) is 10.6 Å². The van der Waals surface area contributed by atoms with Crippen molar-refractivity contribution in [3.05, 3.63) is 45.0 Å². The van der Waals surface area contributed by atoms with Crippen molar-refractivity contribution in [1.82, 2.24) is 5.16 Å². The Bertz CT molecular complexity index is 644. The molecule has 0 spiro atoms. The van der Waals surface area contributed by atoms with Crippen molar-refractivity contribution in [3.8, 4) is 0 Å². The molecule has 0 aliphatic heterocycles. The molecule has 0 aromatic carbocycles. The Morgan fingerprint density at radius 2 is 2.37 bits per heavy atom. The molecule has 7 nitrogen and oxygen atoms in total. The highest BCUT2D eigenvalue weighted by molar-refractivity contribution is 7.16. The van der Waals surface area contributed by atoms with E-state index in [9.17, 15) is 14.9 Å². The molecule has 0 saturated heterocycles. The van der Waals surface area contributed by atoms with Gasteiger partial charge in [0.15, 0.2) is 5.82 Å². The van der Waals surface area contributed by atoms with Crippen LogP contribution in [0, 0.1) is 17.0 Å². The number of amides is 1. The van der Waals surface area contributed by atoms with Crippen molar-refractivity contribution in [2.24, 2.45) is 0 Å². The first-order chi connectivity index (χ1) is 9.04. The van der Waals surface area contributed by atoms with Gasteiger partial charge in [0.05, 0.1) is 4.92 Å². The quantitative estimate of drug-likeness (QED) is 0.527. The molecule has 0 unspecified atom stereocenters. The molecular formula is C11H9N3O4S. The van der Waals surface area contributed by atoms with Crippen LogP contribution in [0.15, 0.2) is 28.8 Å². The summed E-state index contributed by atoms with van der Waals surface area (Å²) in [6.07, 6.45) is 2.78. The summed E-state index contributed by atoms with van der Waals surface area (Å²) in [5.41, 5.74) is 0. The third kappa shape index (κ3) is 3.49. The standard InChI is InChI=1S/C11H9N3O4S/c1-7-6-9(13-18-7)12-10(15)4-2-8-3-5-11(19-8)14(16)17/h2-6H,1H3,(H,12,13,15)/b4-2+. The predicted octanol–water partition coefficient (Wildman–Crippen LogP) is 2.60. The van der Waals surface area contributed by atoms with Crippen LogP contribution in [0.4, 0.5) is 10.8 Å². The third-order valence-corrected chi connectivity index (χ3v) is 3.07. The monoisotopic (exact) mass is 279 g/mol. The number of nitrogens with one attached hydrogen (secondary N) is 1. The van der Waals surface area contributed by atoms with E-state index in [1.54, 1.807) is 19.1 Å². The van der Waals surface area contributed by atoms with E-state index < -0.39 is 4.92 Å². The summed E-state index contributed by atoms with van der Waals surface area (Å²) in [7, 11) is 0. The van der Waals surface area contributed by atoms with E-state index in [0.29, 0.717) is 16.5 Å². The highest BCUT2D eigenvalue weighted by Crippen LogP contribution is 2.24. The topological polar surface area (TPSA) is 98.3 Å². The first-order valence-electron chi connectivity index (χ1n) is 5.21. The number of thiophene rings is 1. The van der Waals surface area contributed by atoms with Crippen molar-refractivity contribution in [3.63, 3.8) is 0 Å². The first-order valence-corrected chi connectivity index (χ1v) is 6.03. The number of hydrogen-bond donors (Lipinski definition) is 1. The second kappa shape index (κ2) is 5.44. The molecule has 2 aromatic heterocycles. The number of nitro groups is 1. The van der Waals surface area contributed by atoms with E-state index in [-0.39, 0.29) is 10.9 Å². The van der Waals surface area contributed by atoms with E-state index in [1.807, 2.05) is 0 Å². The Labute approximate surface area is 111 Å². The van der Waals surface area contributed by atoms with Crippen LogP contribution in [0.5, 0.6) is 0 Å². The predicted molar refractivity (Wildman–Crippen MR) is 69.9 cm³/mol. The molecule has 2 heterocycles. The van der Waals surface area contributed by atoms with Crippen LogP contribution >= 0.6 is 11.3 Å². The summed E-state index contributed by atoms with van der Waals surface area (Å²) in [5, 5.41) is 16.6. The van der Waals surface area contributed by atoms with E-state index in [4.69, 9.17) is 4.52 Å². The fourth-order valence-electron chi connectivity index (χ4n) is 1.28. The van der Waals surface area contributed by atoms with Gasteiger partial charge >= 0.3 is 5.00 Å². The summed E-state index contributed by atoms with van der Waals surface area (Å²) >= 11 is 0.993. The number of hydrogen-bond acceptors (Lipinski definition) is 6. The Hall–Kier alpha value is -2.48. The zero-order valence-electron chi connectivity index (χ0n) is 9.82. The van der Waals surface area contributed by atoms with Gasteiger partial charge in [-0.05, 0) is 19.1 Å². The summed E-state index contributed by atoms with van der Waals surface area (Å²) in [4.78, 5) is 22.2. The minimum absolute atomic E-state index is 0.0344. The number of aromatic nitrogens is 1. The number of aryl methyl sites for hydroxylation is 1. The Morgan fingerprint density at radius 3 is 2.95 bits per heavy atom. The van der Waals surface area contributed by atoms with Gasteiger partial charge in [-0.15, -0.1) is 0 Å². The van der Waals surface area contributed by atoms with Gasteiger partial charge in [0.25, 0.3) is 0 Å². The normalized spacial score (nSPS) is 10.8. The van der Waals surface area contributed by atoms with Gasteiger partial charge in [0.1, 0.15) is 5.76 Å². The lowest BCUT2D eigenvalue weighted by Crippen LogP contribution is -2.07. The van der Waals surface area contributed by atoms with Gasteiger partial charge in [0.2, 0.25) is 5.91 Å². The third-order valence-electron chi connectivity index (χ3n) is 2.07. The van der Waals surface area contributed by atoms with Gasteiger partial charge in [-0.2, -0.15) is 0 Å². The highest BCUT2D eigenvalue weighted by Gasteiger charge is 2.08. The largest absolute Gasteiger partial charge is 0.360 e. The first kappa shape index (κ1) is 13.0. The molecule has 0 atom stereocenters. The summed E-state index contributed by atoms with van der Waals surface area (Å²) in [5.74, 6) is 0.529. The van der Waals surface area contributed by atoms with Crippen LogP contribution in [0.25, 0.3) is 6.08 Å². The Balaban J connectivity index is 1.97. The molecule has 0 saturated carbocycles. The lowest BCUT2D eigenvalue weighted by Gasteiger charge is -1.93. The molecule has 2 aromatic rings. The van der Waals surface area contributed by atoms with E-state index in [1.165, 1.54) is 18.2 Å². The van der Waals surface area contributed by atoms with Crippen LogP contribution in [-0.4, -0.2) is 16.0 Å². The molecule has 0 aliphatic rings. The molecule has 0 aliphatic carbocycles. The highest BCUT2D eigenvalue weighted by atomic mass is 32.1. The van der Waals surface area contributed by atoms with Crippen molar-refractivity contribution in [2.75, 3.05) is 5.32 Å². The molecule has 8 heteroatoms. The Kier molecular flexibility index (Phi) is 3.71. The number of carbonyl (C=O) groups excluding carboxylic acids is 1. The second-order valence-corrected chi connectivity index (χ2v) is 4.67. The fraction of sp³-hybridized carbons (Fsp3) is 0.0909. The Morgan fingerprint density at radius 1 is 1.58 bits per heavy atom. The zero-order chi connectivity index (χ0) is 13.8. The average molecular weight is 279 g/mol. The van der Waals surface area contributed by atoms with Crippen LogP contribution in [-0.2, 0) is 4.79 Å². The molecule has 0 radical (unpaired) electrons. The number of carbonyl (C=O) groups is 1. The summed E-state index contributed by atoms with van der Waals surface area (Å²) in [6.45, 7) is 1.71. The van der Waals surface area contributed by atoms with Crippen LogP contribution in [0.3, 0.4) is 0 Å². The van der Waals surface area contributed by atoms with E-state index >= 15 is 0 Å². The van der Waals surface area contributed by atoms with Gasteiger partial charge in [-0.1, -0.05) is 16.5 Å². The van der Waals surface area contributed by atoms with Crippen molar-refractivity contribution >= 4 is 34.1 Å².